The van der Waals surface area contributed by atoms with Gasteiger partial charge in [0.2, 0.25) is 0 Å². The van der Waals surface area contributed by atoms with Gasteiger partial charge in [0, 0.05) is 28.7 Å². The molecule has 0 bridgehead atoms. The van der Waals surface area contributed by atoms with Crippen LogP contribution in [0, 0.1) is 0 Å². The van der Waals surface area contributed by atoms with E-state index in [1.54, 1.807) is 18.2 Å². The third-order valence-electron chi connectivity index (χ3n) is 3.12. The second-order valence-corrected chi connectivity index (χ2v) is 5.82. The number of anilines is 1. The summed E-state index contributed by atoms with van der Waals surface area (Å²) in [5.74, 6) is 1.36. The first kappa shape index (κ1) is 14.6. The molecule has 0 atom stereocenters. The van der Waals surface area contributed by atoms with E-state index < -0.39 is 0 Å². The predicted molar refractivity (Wildman–Crippen MR) is 86.2 cm³/mol. The van der Waals surface area contributed by atoms with Crippen molar-refractivity contribution >= 4 is 40.5 Å². The minimum atomic E-state index is 0.537. The summed E-state index contributed by atoms with van der Waals surface area (Å²) in [6, 6.07) is 8.98. The van der Waals surface area contributed by atoms with Crippen LogP contribution in [0.2, 0.25) is 15.1 Å². The molecule has 110 valence electrons. The van der Waals surface area contributed by atoms with Gasteiger partial charge in [-0.15, -0.1) is 0 Å². The van der Waals surface area contributed by atoms with Crippen LogP contribution >= 0.6 is 34.8 Å². The highest BCUT2D eigenvalue weighted by Gasteiger charge is 2.15. The molecule has 0 aromatic heterocycles. The Morgan fingerprint density at radius 2 is 1.62 bits per heavy atom. The van der Waals surface area contributed by atoms with Crippen molar-refractivity contribution in [3.05, 3.63) is 51.0 Å². The summed E-state index contributed by atoms with van der Waals surface area (Å²) in [5, 5.41) is 5.04. The summed E-state index contributed by atoms with van der Waals surface area (Å²) < 4.78 is 11.0. The second kappa shape index (κ2) is 6.22. The van der Waals surface area contributed by atoms with Gasteiger partial charge in [-0.2, -0.15) is 0 Å². The molecule has 21 heavy (non-hydrogen) atoms. The molecule has 0 aliphatic carbocycles. The highest BCUT2D eigenvalue weighted by molar-refractivity contribution is 6.35. The lowest BCUT2D eigenvalue weighted by atomic mass is 10.2. The Labute approximate surface area is 137 Å². The van der Waals surface area contributed by atoms with Crippen LogP contribution in [0.4, 0.5) is 5.69 Å². The number of hydrogen-bond donors (Lipinski definition) is 1. The largest absolute Gasteiger partial charge is 0.486 e. The average molecular weight is 345 g/mol. The first-order valence-corrected chi connectivity index (χ1v) is 7.54. The van der Waals surface area contributed by atoms with E-state index in [1.165, 1.54) is 0 Å². The van der Waals surface area contributed by atoms with Crippen molar-refractivity contribution in [1.82, 2.24) is 0 Å². The first-order chi connectivity index (χ1) is 10.1. The predicted octanol–water partition coefficient (Wildman–Crippen LogP) is 5.03. The number of hydrogen-bond acceptors (Lipinski definition) is 3. The fraction of sp³-hybridized carbons (Fsp3) is 0.200. The molecule has 0 spiro atoms. The van der Waals surface area contributed by atoms with Crippen LogP contribution < -0.4 is 14.8 Å². The zero-order valence-corrected chi connectivity index (χ0v) is 13.2. The van der Waals surface area contributed by atoms with Gasteiger partial charge in [0.15, 0.2) is 11.5 Å². The number of rotatable bonds is 3. The molecule has 0 saturated heterocycles. The summed E-state index contributed by atoms with van der Waals surface area (Å²) in [4.78, 5) is 0. The van der Waals surface area contributed by atoms with E-state index in [9.17, 15) is 0 Å². The quantitative estimate of drug-likeness (QED) is 0.847. The maximum absolute atomic E-state index is 6.24. The maximum Gasteiger partial charge on any atom is 0.163 e. The highest BCUT2D eigenvalue weighted by Crippen LogP contribution is 2.38. The molecule has 1 aliphatic heterocycles. The van der Waals surface area contributed by atoms with Crippen LogP contribution in [0.15, 0.2) is 30.3 Å². The summed E-state index contributed by atoms with van der Waals surface area (Å²) in [6.07, 6.45) is 0. The smallest absolute Gasteiger partial charge is 0.163 e. The maximum atomic E-state index is 6.24. The number of fused-ring (bicyclic) bond motifs is 1. The topological polar surface area (TPSA) is 30.5 Å². The lowest BCUT2D eigenvalue weighted by Gasteiger charge is -2.20. The van der Waals surface area contributed by atoms with Crippen LogP contribution in [0.5, 0.6) is 11.5 Å². The standard InChI is InChI=1S/C15H12Cl3NO2/c16-10-2-1-9(11(17)5-10)8-19-13-7-15-14(6-12(13)18)20-3-4-21-15/h1-2,5-7,19H,3-4,8H2. The van der Waals surface area contributed by atoms with E-state index in [0.29, 0.717) is 46.3 Å². The number of benzene rings is 2. The second-order valence-electron chi connectivity index (χ2n) is 4.56. The van der Waals surface area contributed by atoms with E-state index in [1.807, 2.05) is 12.1 Å². The molecule has 0 saturated carbocycles. The molecule has 1 heterocycles. The number of nitrogens with one attached hydrogen (secondary N) is 1. The van der Waals surface area contributed by atoms with E-state index >= 15 is 0 Å². The Kier molecular flexibility index (Phi) is 4.34. The van der Waals surface area contributed by atoms with Crippen molar-refractivity contribution < 1.29 is 9.47 Å². The highest BCUT2D eigenvalue weighted by atomic mass is 35.5. The number of ether oxygens (including phenoxy) is 2. The Hall–Kier alpha value is -1.29. The summed E-state index contributed by atoms with van der Waals surface area (Å²) in [5.41, 5.74) is 1.71. The summed E-state index contributed by atoms with van der Waals surface area (Å²) >= 11 is 18.3. The minimum Gasteiger partial charge on any atom is -0.486 e. The normalized spacial score (nSPS) is 13.1. The van der Waals surface area contributed by atoms with Gasteiger partial charge in [0.1, 0.15) is 13.2 Å². The van der Waals surface area contributed by atoms with Gasteiger partial charge in [0.25, 0.3) is 0 Å². The van der Waals surface area contributed by atoms with E-state index in [-0.39, 0.29) is 0 Å². The van der Waals surface area contributed by atoms with Crippen LogP contribution in [-0.2, 0) is 6.54 Å². The van der Waals surface area contributed by atoms with Gasteiger partial charge in [0.05, 0.1) is 10.7 Å². The van der Waals surface area contributed by atoms with Crippen molar-refractivity contribution in [3.8, 4) is 11.5 Å². The minimum absolute atomic E-state index is 0.537. The molecule has 3 nitrogen and oxygen atoms in total. The molecular weight excluding hydrogens is 333 g/mol. The van der Waals surface area contributed by atoms with Gasteiger partial charge in [-0.05, 0) is 17.7 Å². The molecule has 0 unspecified atom stereocenters. The van der Waals surface area contributed by atoms with Crippen molar-refractivity contribution in [2.75, 3.05) is 18.5 Å². The van der Waals surface area contributed by atoms with Gasteiger partial charge in [-0.25, -0.2) is 0 Å². The third-order valence-corrected chi connectivity index (χ3v) is 4.02. The molecule has 2 aromatic rings. The van der Waals surface area contributed by atoms with E-state index in [2.05, 4.69) is 5.32 Å². The average Bonchev–Trinajstić information content (AvgIpc) is 2.46. The molecule has 1 N–H and O–H groups in total. The Morgan fingerprint density at radius 1 is 0.905 bits per heavy atom. The summed E-state index contributed by atoms with van der Waals surface area (Å²) in [7, 11) is 0. The van der Waals surface area contributed by atoms with Crippen molar-refractivity contribution in [3.63, 3.8) is 0 Å². The Balaban J connectivity index is 1.78. The molecule has 0 radical (unpaired) electrons. The molecule has 2 aromatic carbocycles. The van der Waals surface area contributed by atoms with E-state index in [0.717, 1.165) is 11.3 Å². The van der Waals surface area contributed by atoms with Crippen LogP contribution in [-0.4, -0.2) is 13.2 Å². The first-order valence-electron chi connectivity index (χ1n) is 6.40. The van der Waals surface area contributed by atoms with Crippen LogP contribution in [0.25, 0.3) is 0 Å². The monoisotopic (exact) mass is 343 g/mol. The van der Waals surface area contributed by atoms with Crippen molar-refractivity contribution in [2.45, 2.75) is 6.54 Å². The van der Waals surface area contributed by atoms with Gasteiger partial charge < -0.3 is 14.8 Å². The van der Waals surface area contributed by atoms with Crippen molar-refractivity contribution in [2.24, 2.45) is 0 Å². The van der Waals surface area contributed by atoms with Crippen LogP contribution in [0.1, 0.15) is 5.56 Å². The third kappa shape index (κ3) is 3.31. The fourth-order valence-electron chi connectivity index (χ4n) is 2.05. The SMILES string of the molecule is Clc1ccc(CNc2cc3c(cc2Cl)OCCO3)c(Cl)c1. The Bertz CT molecular complexity index is 676. The molecule has 6 heteroatoms. The van der Waals surface area contributed by atoms with Crippen molar-refractivity contribution in [1.29, 1.82) is 0 Å². The molecule has 0 amide bonds. The Morgan fingerprint density at radius 3 is 2.33 bits per heavy atom. The van der Waals surface area contributed by atoms with E-state index in [4.69, 9.17) is 44.3 Å². The van der Waals surface area contributed by atoms with Gasteiger partial charge >= 0.3 is 0 Å². The zero-order chi connectivity index (χ0) is 14.8. The van der Waals surface area contributed by atoms with Gasteiger partial charge in [-0.1, -0.05) is 40.9 Å². The summed E-state index contributed by atoms with van der Waals surface area (Å²) in [6.45, 7) is 1.61. The lowest BCUT2D eigenvalue weighted by Crippen LogP contribution is -2.15. The fourth-order valence-corrected chi connectivity index (χ4v) is 2.75. The molecule has 3 rings (SSSR count). The lowest BCUT2D eigenvalue weighted by molar-refractivity contribution is 0.171. The zero-order valence-electron chi connectivity index (χ0n) is 11.0. The number of halogens is 3. The molecule has 1 aliphatic rings. The van der Waals surface area contributed by atoms with Crippen LogP contribution in [0.3, 0.4) is 0 Å². The molecule has 0 fully saturated rings. The molecular formula is C15H12Cl3NO2. The van der Waals surface area contributed by atoms with Gasteiger partial charge in [-0.3, -0.25) is 0 Å².